The average Bonchev–Trinajstić information content (AvgIpc) is 4.48. The number of anilines is 3. The number of aromatic amines is 2. The van der Waals surface area contributed by atoms with Crippen molar-refractivity contribution >= 4 is 51.5 Å². The lowest BCUT2D eigenvalue weighted by atomic mass is 10.0. The summed E-state index contributed by atoms with van der Waals surface area (Å²) in [4.78, 5) is 59.4. The molecule has 7 heterocycles. The Kier molecular flexibility index (Phi) is 19.2. The van der Waals surface area contributed by atoms with Crippen molar-refractivity contribution in [3.8, 4) is 18.1 Å². The molecule has 2 saturated heterocycles. The monoisotopic (exact) mass is 1130 g/mol. The summed E-state index contributed by atoms with van der Waals surface area (Å²) in [5.41, 5.74) is 19.1. The number of para-hydroxylation sites is 2. The highest BCUT2D eigenvalue weighted by Gasteiger charge is 2.34. The molecule has 24 heteroatoms. The van der Waals surface area contributed by atoms with Crippen LogP contribution in [0.15, 0.2) is 97.3 Å². The fourth-order valence-corrected chi connectivity index (χ4v) is 10.5. The molecule has 2 aliphatic heterocycles. The van der Waals surface area contributed by atoms with Crippen LogP contribution < -0.4 is 26.6 Å². The van der Waals surface area contributed by atoms with Crippen molar-refractivity contribution in [3.63, 3.8) is 0 Å². The Morgan fingerprint density at radius 1 is 0.651 bits per heavy atom. The van der Waals surface area contributed by atoms with E-state index in [1.165, 1.54) is 0 Å². The van der Waals surface area contributed by atoms with Crippen LogP contribution in [-0.2, 0) is 43.1 Å². The predicted molar refractivity (Wildman–Crippen MR) is 314 cm³/mol. The molecule has 436 valence electrons. The van der Waals surface area contributed by atoms with E-state index in [2.05, 4.69) is 77.6 Å². The molecule has 10 rings (SSSR count). The van der Waals surface area contributed by atoms with Crippen molar-refractivity contribution < 1.29 is 28.9 Å². The third-order valence-corrected chi connectivity index (χ3v) is 15.0. The highest BCUT2D eigenvalue weighted by atomic mass is 16.5. The number of aromatic hydroxyl groups is 1. The van der Waals surface area contributed by atoms with Crippen molar-refractivity contribution in [1.82, 2.24) is 64.7 Å². The molecule has 8 aromatic rings. The van der Waals surface area contributed by atoms with Crippen molar-refractivity contribution in [3.05, 3.63) is 126 Å². The molecule has 0 radical (unpaired) electrons. The van der Waals surface area contributed by atoms with Gasteiger partial charge in [0.25, 0.3) is 0 Å². The topological polar surface area (TPSA) is 291 Å². The van der Waals surface area contributed by atoms with Gasteiger partial charge < -0.3 is 65.7 Å². The average molecular weight is 1130 g/mol. The molecule has 3 aromatic carbocycles. The van der Waals surface area contributed by atoms with E-state index in [4.69, 9.17) is 47.1 Å². The summed E-state index contributed by atoms with van der Waals surface area (Å²) in [7, 11) is 0. The highest BCUT2D eigenvalue weighted by Crippen LogP contribution is 2.28. The van der Waals surface area contributed by atoms with Crippen LogP contribution in [0.3, 0.4) is 0 Å². The van der Waals surface area contributed by atoms with Crippen LogP contribution in [0.25, 0.3) is 21.8 Å². The third-order valence-electron chi connectivity index (χ3n) is 15.0. The standard InChI is InChI=1S/C59H74N18O6/c1-4-26-81-28-30-83-31-29-82-27-17-62-57-65-58(74-22-18-72(19-23-74)55(79)53(36-44-34-42-9-5-7-11-49(42)63-44)76-38-51(68-70-76)47(60)32-40(2)3)67-59(66-57)75-24-20-73(21-25-75)56(80)54(37-45-35-43-10-6-8-12-50(43)64-45)77-39-52(69-71-77)48(61)33-41-13-15-46(78)16-14-41/h1,5-16,34-35,38-40,47-48,53-54,63-64,78H,17-33,36-37,60-61H2,2-3H3,(H,62,65,66,67)/t47-,48-,53+,54-/m0/s1. The number of hydrogen-bond donors (Lipinski definition) is 6. The van der Waals surface area contributed by atoms with Gasteiger partial charge >= 0.3 is 0 Å². The number of fused-ring (bicyclic) bond motifs is 2. The lowest BCUT2D eigenvalue weighted by Gasteiger charge is -2.38. The van der Waals surface area contributed by atoms with Gasteiger partial charge in [0.1, 0.15) is 24.4 Å². The van der Waals surface area contributed by atoms with Crippen molar-refractivity contribution in [2.45, 2.75) is 63.7 Å². The lowest BCUT2D eigenvalue weighted by molar-refractivity contribution is -0.136. The largest absolute Gasteiger partial charge is 0.508 e. The first kappa shape index (κ1) is 57.8. The molecule has 0 spiro atoms. The van der Waals surface area contributed by atoms with Gasteiger partial charge in [-0.25, -0.2) is 9.36 Å². The fraction of sp³-hybridized carbons (Fsp3) is 0.441. The molecular weight excluding hydrogens is 1060 g/mol. The van der Waals surface area contributed by atoms with Gasteiger partial charge in [-0.05, 0) is 71.5 Å². The Balaban J connectivity index is 0.833. The Hall–Kier alpha value is -8.47. The zero-order chi connectivity index (χ0) is 57.7. The molecule has 2 aliphatic rings. The van der Waals surface area contributed by atoms with Crippen molar-refractivity contribution in [2.24, 2.45) is 17.4 Å². The molecule has 24 nitrogen and oxygen atoms in total. The smallest absolute Gasteiger partial charge is 0.248 e. The number of phenolic OH excluding ortho intramolecular Hbond substituents is 1. The number of benzene rings is 3. The SMILES string of the molecule is C#CCOCCOCCOCCNc1nc(N2CCN(C(=O)[C@@H](Cc3cc4ccccc4[nH]3)n3cc([C@@H](N)CC(C)C)nn3)CC2)nc(N2CCN(C(=O)[C@H](Cc3cc4ccccc4[nH]3)n3cc([C@@H](N)Cc4ccc(O)cc4)nn3)CC2)n1. The summed E-state index contributed by atoms with van der Waals surface area (Å²) in [5, 5.41) is 33.2. The zero-order valence-electron chi connectivity index (χ0n) is 47.1. The van der Waals surface area contributed by atoms with Crippen LogP contribution in [-0.4, -0.2) is 180 Å². The summed E-state index contributed by atoms with van der Waals surface area (Å²) < 4.78 is 20.0. The summed E-state index contributed by atoms with van der Waals surface area (Å²) in [5.74, 6) is 4.08. The number of hydrogen-bond acceptors (Lipinski definition) is 18. The number of nitrogens with zero attached hydrogens (tertiary/aromatic N) is 13. The maximum atomic E-state index is 14.9. The van der Waals surface area contributed by atoms with Gasteiger partial charge in [-0.2, -0.15) is 15.0 Å². The Labute approximate surface area is 481 Å². The molecule has 0 aliphatic carbocycles. The second kappa shape index (κ2) is 27.5. The summed E-state index contributed by atoms with van der Waals surface area (Å²) in [6.07, 6.45) is 10.8. The lowest BCUT2D eigenvalue weighted by Crippen LogP contribution is -2.52. The zero-order valence-corrected chi connectivity index (χ0v) is 47.1. The molecule has 0 unspecified atom stereocenters. The molecule has 0 saturated carbocycles. The predicted octanol–water partition coefficient (Wildman–Crippen LogP) is 4.37. The summed E-state index contributed by atoms with van der Waals surface area (Å²) in [6.45, 7) is 10.2. The van der Waals surface area contributed by atoms with Gasteiger partial charge in [0, 0.05) is 94.2 Å². The first-order valence-electron chi connectivity index (χ1n) is 28.4. The third kappa shape index (κ3) is 15.0. The van der Waals surface area contributed by atoms with Gasteiger partial charge in [-0.15, -0.1) is 16.6 Å². The number of piperazine rings is 2. The van der Waals surface area contributed by atoms with Crippen LogP contribution in [0.4, 0.5) is 17.8 Å². The minimum Gasteiger partial charge on any atom is -0.508 e. The van der Waals surface area contributed by atoms with E-state index in [0.29, 0.717) is 146 Å². The molecule has 2 fully saturated rings. The maximum Gasteiger partial charge on any atom is 0.248 e. The molecule has 8 N–H and O–H groups in total. The second-order valence-corrected chi connectivity index (χ2v) is 21.5. The number of amides is 2. The van der Waals surface area contributed by atoms with E-state index in [1.54, 1.807) is 27.7 Å². The highest BCUT2D eigenvalue weighted by molar-refractivity contribution is 5.84. The molecule has 5 aromatic heterocycles. The van der Waals surface area contributed by atoms with E-state index in [9.17, 15) is 14.7 Å². The van der Waals surface area contributed by atoms with E-state index < -0.39 is 18.1 Å². The minimum atomic E-state index is -0.728. The summed E-state index contributed by atoms with van der Waals surface area (Å²) >= 11 is 0. The first-order chi connectivity index (χ1) is 40.4. The molecule has 83 heavy (non-hydrogen) atoms. The normalized spacial score (nSPS) is 15.5. The fourth-order valence-electron chi connectivity index (χ4n) is 10.5. The van der Waals surface area contributed by atoms with Crippen molar-refractivity contribution in [1.29, 1.82) is 0 Å². The van der Waals surface area contributed by atoms with E-state index in [-0.39, 0.29) is 30.2 Å². The summed E-state index contributed by atoms with van der Waals surface area (Å²) in [6, 6.07) is 24.9. The quantitative estimate of drug-likeness (QED) is 0.0308. The number of H-pyrrole nitrogens is 2. The van der Waals surface area contributed by atoms with Crippen LogP contribution in [0.1, 0.15) is 72.8 Å². The van der Waals surface area contributed by atoms with Crippen LogP contribution in [0, 0.1) is 18.3 Å². The van der Waals surface area contributed by atoms with E-state index in [0.717, 1.165) is 45.2 Å². The number of nitrogens with one attached hydrogen (secondary N) is 3. The molecule has 2 amide bonds. The van der Waals surface area contributed by atoms with E-state index in [1.807, 2.05) is 76.7 Å². The van der Waals surface area contributed by atoms with Crippen LogP contribution in [0.5, 0.6) is 5.75 Å². The Bertz CT molecular complexity index is 3360. The van der Waals surface area contributed by atoms with Crippen molar-refractivity contribution in [2.75, 3.05) is 114 Å². The number of nitrogens with two attached hydrogens (primary N) is 2. The minimum absolute atomic E-state index is 0.0760. The second-order valence-electron chi connectivity index (χ2n) is 21.5. The van der Waals surface area contributed by atoms with Crippen LogP contribution in [0.2, 0.25) is 0 Å². The number of carbonyl (C=O) groups is 2. The number of terminal acetylenes is 1. The van der Waals surface area contributed by atoms with Crippen LogP contribution >= 0.6 is 0 Å². The first-order valence-corrected chi connectivity index (χ1v) is 28.4. The molecule has 4 atom stereocenters. The van der Waals surface area contributed by atoms with Gasteiger partial charge in [0.15, 0.2) is 0 Å². The maximum absolute atomic E-state index is 14.9. The number of phenols is 1. The number of ether oxygens (including phenoxy) is 3. The number of aromatic nitrogens is 11. The molecular formula is C59H74N18O6. The van der Waals surface area contributed by atoms with Gasteiger partial charge in [0.2, 0.25) is 29.7 Å². The van der Waals surface area contributed by atoms with Gasteiger partial charge in [-0.1, -0.05) is 78.7 Å². The van der Waals surface area contributed by atoms with Gasteiger partial charge in [0.05, 0.1) is 68.9 Å². The van der Waals surface area contributed by atoms with Gasteiger partial charge in [-0.3, -0.25) is 9.59 Å². The van der Waals surface area contributed by atoms with E-state index >= 15 is 0 Å². The Morgan fingerprint density at radius 3 is 1.65 bits per heavy atom. The number of rotatable bonds is 27. The number of carbonyl (C=O) groups excluding carboxylic acids is 2. The Morgan fingerprint density at radius 2 is 1.14 bits per heavy atom. The molecule has 0 bridgehead atoms.